The summed E-state index contributed by atoms with van der Waals surface area (Å²) in [7, 11) is 0. The van der Waals surface area contributed by atoms with Crippen molar-refractivity contribution in [2.24, 2.45) is 5.73 Å². The van der Waals surface area contributed by atoms with Crippen LogP contribution >= 0.6 is 11.9 Å². The first-order chi connectivity index (χ1) is 17.6. The zero-order valence-corrected chi connectivity index (χ0v) is 21.6. The van der Waals surface area contributed by atoms with E-state index in [1.807, 2.05) is 36.2 Å². The van der Waals surface area contributed by atoms with Gasteiger partial charge in [-0.1, -0.05) is 42.3 Å². The molecule has 1 aromatic heterocycles. The van der Waals surface area contributed by atoms with E-state index >= 15 is 0 Å². The molecule has 1 aliphatic carbocycles. The van der Waals surface area contributed by atoms with Crippen molar-refractivity contribution in [3.8, 4) is 11.1 Å². The summed E-state index contributed by atoms with van der Waals surface area (Å²) in [5, 5.41) is 22.1. The number of aromatic amines is 1. The van der Waals surface area contributed by atoms with E-state index in [0.717, 1.165) is 92.5 Å². The van der Waals surface area contributed by atoms with E-state index in [4.69, 9.17) is 5.73 Å². The fraction of sp³-hybridized carbons (Fsp3) is 0.500. The molecule has 1 aliphatic heterocycles. The minimum absolute atomic E-state index is 0.0857. The lowest BCUT2D eigenvalue weighted by molar-refractivity contribution is 0.100. The Kier molecular flexibility index (Phi) is 8.26. The van der Waals surface area contributed by atoms with E-state index in [9.17, 15) is 9.90 Å². The topological polar surface area (TPSA) is 107 Å². The molecular weight excluding hydrogens is 470 g/mol. The number of aliphatic hydroxyl groups excluding tert-OH is 1. The van der Waals surface area contributed by atoms with Crippen LogP contribution in [-0.2, 0) is 0 Å². The number of aromatic nitrogens is 2. The molecule has 0 bridgehead atoms. The number of piperidine rings is 1. The number of amides is 1. The maximum absolute atomic E-state index is 12.2. The summed E-state index contributed by atoms with van der Waals surface area (Å²) >= 11 is 1.96. The third-order valence-electron chi connectivity index (χ3n) is 7.65. The summed E-state index contributed by atoms with van der Waals surface area (Å²) in [5.74, 6) is 1.07. The number of hydrogen-bond acceptors (Lipinski definition) is 6. The zero-order chi connectivity index (χ0) is 24.9. The van der Waals surface area contributed by atoms with Crippen molar-refractivity contribution in [3.05, 3.63) is 53.7 Å². The largest absolute Gasteiger partial charge is 0.393 e. The number of fused-ring (bicyclic) bond motifs is 1. The molecule has 0 radical (unpaired) electrons. The van der Waals surface area contributed by atoms with Crippen molar-refractivity contribution in [1.82, 2.24) is 19.8 Å². The summed E-state index contributed by atoms with van der Waals surface area (Å²) < 4.78 is 2.50. The van der Waals surface area contributed by atoms with Crippen molar-refractivity contribution in [1.29, 1.82) is 0 Å². The predicted molar refractivity (Wildman–Crippen MR) is 147 cm³/mol. The summed E-state index contributed by atoms with van der Waals surface area (Å²) in [4.78, 5) is 12.2. The van der Waals surface area contributed by atoms with Crippen LogP contribution < -0.4 is 11.1 Å². The van der Waals surface area contributed by atoms with E-state index in [0.29, 0.717) is 23.0 Å². The van der Waals surface area contributed by atoms with Crippen molar-refractivity contribution in [2.75, 3.05) is 25.4 Å². The van der Waals surface area contributed by atoms with Crippen LogP contribution in [0.25, 0.3) is 22.0 Å². The van der Waals surface area contributed by atoms with E-state index in [1.165, 1.54) is 0 Å². The predicted octanol–water partition coefficient (Wildman–Crippen LogP) is 4.44. The molecule has 8 heteroatoms. The third kappa shape index (κ3) is 5.94. The first-order valence-corrected chi connectivity index (χ1v) is 14.2. The fourth-order valence-electron chi connectivity index (χ4n) is 5.56. The number of carbonyl (C=O) groups excluding carboxylic acids is 1. The Bertz CT molecular complexity index is 1150. The normalized spacial score (nSPS) is 21.7. The number of H-pyrrole nitrogens is 1. The van der Waals surface area contributed by atoms with Gasteiger partial charge in [0.15, 0.2) is 0 Å². The number of hydrogen-bond donors (Lipinski definition) is 4. The fourth-order valence-corrected chi connectivity index (χ4v) is 6.56. The Morgan fingerprint density at radius 3 is 2.56 bits per heavy atom. The molecule has 2 aromatic carbocycles. The van der Waals surface area contributed by atoms with Gasteiger partial charge in [-0.15, -0.1) is 0 Å². The van der Waals surface area contributed by atoms with Crippen molar-refractivity contribution >= 4 is 28.8 Å². The van der Waals surface area contributed by atoms with Crippen LogP contribution in [0.4, 0.5) is 0 Å². The van der Waals surface area contributed by atoms with Crippen LogP contribution in [0.2, 0.25) is 0 Å². The van der Waals surface area contributed by atoms with Gasteiger partial charge in [-0.05, 0) is 74.8 Å². The standard InChI is InChI=1S/C28H37N5O2S/c29-28(35)25-18-21(19-5-2-1-3-6-19)17-24-26(31-32-27(24)25)20-11-14-33(15-12-20)36-16-4-13-30-22-7-9-23(34)10-8-22/h1-3,5-6,17-18,20,22-23,30,34H,4,7-16H2,(H2,29,35)(H,31,32). The van der Waals surface area contributed by atoms with Gasteiger partial charge in [0.25, 0.3) is 5.91 Å². The molecule has 1 saturated heterocycles. The third-order valence-corrected chi connectivity index (χ3v) is 8.85. The summed E-state index contributed by atoms with van der Waals surface area (Å²) in [6.45, 7) is 3.14. The van der Waals surface area contributed by atoms with Gasteiger partial charge in [-0.25, -0.2) is 0 Å². The Hall–Kier alpha value is -2.39. The molecule has 192 valence electrons. The number of nitrogens with zero attached hydrogens (tertiary/aromatic N) is 2. The van der Waals surface area contributed by atoms with Crippen LogP contribution in [0.1, 0.15) is 66.9 Å². The van der Waals surface area contributed by atoms with Crippen LogP contribution in [0, 0.1) is 0 Å². The number of rotatable bonds is 9. The Labute approximate surface area is 217 Å². The SMILES string of the molecule is NC(=O)c1cc(-c2ccccc2)cc2c(C3CCN(SCCCNC4CCC(O)CC4)CC3)[nH]nc12. The number of nitrogens with two attached hydrogens (primary N) is 1. The molecule has 1 saturated carbocycles. The summed E-state index contributed by atoms with van der Waals surface area (Å²) in [6, 6.07) is 14.7. The number of benzene rings is 2. The number of carbonyl (C=O) groups is 1. The highest BCUT2D eigenvalue weighted by Crippen LogP contribution is 2.36. The summed E-state index contributed by atoms with van der Waals surface area (Å²) in [5.41, 5.74) is 10.1. The van der Waals surface area contributed by atoms with Gasteiger partial charge < -0.3 is 16.2 Å². The molecule has 7 nitrogen and oxygen atoms in total. The quantitative estimate of drug-likeness (QED) is 0.252. The lowest BCUT2D eigenvalue weighted by Crippen LogP contribution is -2.35. The van der Waals surface area contributed by atoms with Crippen molar-refractivity contribution < 1.29 is 9.90 Å². The van der Waals surface area contributed by atoms with E-state index in [1.54, 1.807) is 0 Å². The first kappa shape index (κ1) is 25.3. The van der Waals surface area contributed by atoms with E-state index in [-0.39, 0.29) is 6.10 Å². The Balaban J connectivity index is 1.16. The van der Waals surface area contributed by atoms with Crippen LogP contribution in [-0.4, -0.2) is 63.0 Å². The maximum Gasteiger partial charge on any atom is 0.251 e. The molecule has 0 unspecified atom stereocenters. The van der Waals surface area contributed by atoms with Crippen molar-refractivity contribution in [3.63, 3.8) is 0 Å². The van der Waals surface area contributed by atoms with Gasteiger partial charge in [-0.2, -0.15) is 5.10 Å². The number of aliphatic hydroxyl groups is 1. The second-order valence-corrected chi connectivity index (χ2v) is 11.3. The van der Waals surface area contributed by atoms with Gasteiger partial charge in [0.1, 0.15) is 5.52 Å². The lowest BCUT2D eigenvalue weighted by atomic mass is 9.90. The van der Waals surface area contributed by atoms with Gasteiger partial charge >= 0.3 is 0 Å². The minimum atomic E-state index is -0.447. The highest BCUT2D eigenvalue weighted by Gasteiger charge is 2.26. The molecule has 2 aliphatic rings. The lowest BCUT2D eigenvalue weighted by Gasteiger charge is -2.31. The van der Waals surface area contributed by atoms with E-state index < -0.39 is 5.91 Å². The highest BCUT2D eigenvalue weighted by molar-refractivity contribution is 7.97. The number of nitrogens with one attached hydrogen (secondary N) is 2. The van der Waals surface area contributed by atoms with Crippen LogP contribution in [0.3, 0.4) is 0 Å². The minimum Gasteiger partial charge on any atom is -0.393 e. The van der Waals surface area contributed by atoms with Gasteiger partial charge in [0, 0.05) is 41.9 Å². The zero-order valence-electron chi connectivity index (χ0n) is 20.8. The molecule has 0 spiro atoms. The van der Waals surface area contributed by atoms with Gasteiger partial charge in [-0.3, -0.25) is 14.2 Å². The molecular formula is C28H37N5O2S. The molecule has 0 atom stereocenters. The monoisotopic (exact) mass is 507 g/mol. The maximum atomic E-state index is 12.2. The second kappa shape index (κ2) is 11.8. The second-order valence-electron chi connectivity index (χ2n) is 10.1. The average Bonchev–Trinajstić information content (AvgIpc) is 3.34. The van der Waals surface area contributed by atoms with E-state index in [2.05, 4.69) is 38.0 Å². The highest BCUT2D eigenvalue weighted by atomic mass is 32.2. The number of primary amides is 1. The average molecular weight is 508 g/mol. The Morgan fingerprint density at radius 2 is 1.83 bits per heavy atom. The van der Waals surface area contributed by atoms with Gasteiger partial charge in [0.2, 0.25) is 0 Å². The first-order valence-electron chi connectivity index (χ1n) is 13.2. The molecule has 2 heterocycles. The molecule has 3 aromatic rings. The molecule has 36 heavy (non-hydrogen) atoms. The van der Waals surface area contributed by atoms with Crippen LogP contribution in [0.5, 0.6) is 0 Å². The van der Waals surface area contributed by atoms with Gasteiger partial charge in [0.05, 0.1) is 11.7 Å². The molecule has 1 amide bonds. The molecule has 5 rings (SSSR count). The van der Waals surface area contributed by atoms with Crippen molar-refractivity contribution in [2.45, 2.75) is 63.0 Å². The van der Waals surface area contributed by atoms with Crippen LogP contribution in [0.15, 0.2) is 42.5 Å². The Morgan fingerprint density at radius 1 is 1.08 bits per heavy atom. The summed E-state index contributed by atoms with van der Waals surface area (Å²) in [6.07, 6.45) is 7.26. The molecule has 5 N–H and O–H groups in total. The smallest absolute Gasteiger partial charge is 0.251 e. The molecule has 2 fully saturated rings.